The molecule has 0 saturated carbocycles. The molecule has 1 aromatic rings. The van der Waals surface area contributed by atoms with E-state index in [4.69, 9.17) is 15.1 Å². The van der Waals surface area contributed by atoms with Gasteiger partial charge in [0.25, 0.3) is 0 Å². The van der Waals surface area contributed by atoms with Crippen LogP contribution in [0.3, 0.4) is 0 Å². The second-order valence-corrected chi connectivity index (χ2v) is 1.16. The van der Waals surface area contributed by atoms with E-state index in [0.717, 1.165) is 0 Å². The van der Waals surface area contributed by atoms with Gasteiger partial charge in [0.05, 0.1) is 12.4 Å². The molecule has 1 heterocycles. The summed E-state index contributed by atoms with van der Waals surface area (Å²) < 4.78 is 0. The molecule has 0 fully saturated rings. The highest BCUT2D eigenvalue weighted by molar-refractivity contribution is 6.30. The molecule has 0 bridgehead atoms. The second-order valence-electron chi connectivity index (χ2n) is 1.16. The highest BCUT2D eigenvalue weighted by Gasteiger charge is 1.92. The minimum absolute atomic E-state index is 1.58. The second kappa shape index (κ2) is 6.08. The summed E-state index contributed by atoms with van der Waals surface area (Å²) in [4.78, 5) is 0. The summed E-state index contributed by atoms with van der Waals surface area (Å²) >= 11 is 0. The SMILES string of the molecule is OB(O)O.c1cnnnc1. The first-order valence-electron chi connectivity index (χ1n) is 2.36. The largest absolute Gasteiger partial charge is 0.631 e. The van der Waals surface area contributed by atoms with Crippen LogP contribution < -0.4 is 0 Å². The molecular weight excluding hydrogens is 137 g/mol. The third kappa shape index (κ3) is 10.0. The molecule has 0 aliphatic rings. The smallest absolute Gasteiger partial charge is 0.402 e. The predicted octanol–water partition coefficient (Wildman–Crippen LogP) is -2.18. The summed E-state index contributed by atoms with van der Waals surface area (Å²) in [7, 11) is -2.17. The fourth-order valence-corrected chi connectivity index (χ4v) is 0.205. The molecule has 3 N–H and O–H groups in total. The van der Waals surface area contributed by atoms with Gasteiger partial charge in [-0.15, -0.1) is 10.2 Å². The third-order valence-corrected chi connectivity index (χ3v) is 0.409. The van der Waals surface area contributed by atoms with Crippen molar-refractivity contribution in [3.05, 3.63) is 18.5 Å². The number of nitrogens with zero attached hydrogens (tertiary/aromatic N) is 3. The van der Waals surface area contributed by atoms with E-state index in [2.05, 4.69) is 15.4 Å². The van der Waals surface area contributed by atoms with Gasteiger partial charge in [-0.05, 0) is 11.3 Å². The first kappa shape index (κ1) is 8.95. The number of aromatic nitrogens is 3. The van der Waals surface area contributed by atoms with Crippen LogP contribution in [-0.2, 0) is 0 Å². The average Bonchev–Trinajstić information content (AvgIpc) is 1.90. The van der Waals surface area contributed by atoms with Gasteiger partial charge in [0.15, 0.2) is 0 Å². The summed E-state index contributed by atoms with van der Waals surface area (Å²) in [6.07, 6.45) is 3.15. The quantitative estimate of drug-likeness (QED) is 0.357. The standard InChI is InChI=1S/C3H3N3.BH3O3/c1-2-4-6-5-3-1;2-1(3)4/h1-3H;2-4H. The van der Waals surface area contributed by atoms with Gasteiger partial charge in [-0.2, -0.15) is 0 Å². The molecule has 0 unspecified atom stereocenters. The van der Waals surface area contributed by atoms with Crippen molar-refractivity contribution in [1.82, 2.24) is 15.4 Å². The Bertz CT molecular complexity index is 119. The van der Waals surface area contributed by atoms with Crippen LogP contribution in [0.4, 0.5) is 0 Å². The molecule has 6 nitrogen and oxygen atoms in total. The zero-order valence-electron chi connectivity index (χ0n) is 4.99. The monoisotopic (exact) mass is 143 g/mol. The summed E-state index contributed by atoms with van der Waals surface area (Å²) in [6, 6.07) is 1.72. The van der Waals surface area contributed by atoms with Crippen LogP contribution in [0.25, 0.3) is 0 Å². The number of rotatable bonds is 0. The third-order valence-electron chi connectivity index (χ3n) is 0.409. The van der Waals surface area contributed by atoms with E-state index in [0.29, 0.717) is 0 Å². The van der Waals surface area contributed by atoms with Crippen molar-refractivity contribution in [1.29, 1.82) is 0 Å². The summed E-state index contributed by atoms with van der Waals surface area (Å²) in [5.74, 6) is 0. The first-order valence-corrected chi connectivity index (χ1v) is 2.36. The highest BCUT2D eigenvalue weighted by atomic mass is 16.5. The van der Waals surface area contributed by atoms with Gasteiger partial charge in [0.1, 0.15) is 0 Å². The highest BCUT2D eigenvalue weighted by Crippen LogP contribution is 1.61. The van der Waals surface area contributed by atoms with Gasteiger partial charge in [-0.25, -0.2) is 0 Å². The molecule has 1 aromatic heterocycles. The van der Waals surface area contributed by atoms with E-state index in [1.165, 1.54) is 0 Å². The Labute approximate surface area is 57.3 Å². The molecule has 0 atom stereocenters. The summed E-state index contributed by atoms with van der Waals surface area (Å²) in [5, 5.41) is 31.6. The van der Waals surface area contributed by atoms with Crippen LogP contribution in [0, 0.1) is 0 Å². The van der Waals surface area contributed by atoms with Crippen molar-refractivity contribution in [2.75, 3.05) is 0 Å². The average molecular weight is 143 g/mol. The van der Waals surface area contributed by atoms with Crippen molar-refractivity contribution in [2.24, 2.45) is 0 Å². The molecule has 7 heteroatoms. The minimum atomic E-state index is -2.17. The molecular formula is C3H6BN3O3. The summed E-state index contributed by atoms with van der Waals surface area (Å²) in [5.41, 5.74) is 0. The van der Waals surface area contributed by atoms with E-state index in [-0.39, 0.29) is 0 Å². The fraction of sp³-hybridized carbons (Fsp3) is 0. The predicted molar refractivity (Wildman–Crippen MR) is 32.2 cm³/mol. The first-order chi connectivity index (χ1) is 4.73. The van der Waals surface area contributed by atoms with E-state index < -0.39 is 7.32 Å². The Kier molecular flexibility index (Phi) is 5.45. The van der Waals surface area contributed by atoms with Gasteiger partial charge >= 0.3 is 7.32 Å². The molecule has 10 heavy (non-hydrogen) atoms. The van der Waals surface area contributed by atoms with E-state index in [1.54, 1.807) is 18.5 Å². The number of hydrogen-bond donors (Lipinski definition) is 3. The maximum Gasteiger partial charge on any atom is 0.631 e. The van der Waals surface area contributed by atoms with E-state index in [1.807, 2.05) is 0 Å². The maximum atomic E-state index is 7.17. The molecule has 0 amide bonds. The lowest BCUT2D eigenvalue weighted by Crippen LogP contribution is -2.07. The molecule has 0 radical (unpaired) electrons. The molecule has 0 saturated heterocycles. The van der Waals surface area contributed by atoms with Gasteiger partial charge < -0.3 is 15.1 Å². The van der Waals surface area contributed by atoms with Crippen molar-refractivity contribution in [3.63, 3.8) is 0 Å². The fourth-order valence-electron chi connectivity index (χ4n) is 0.205. The Hall–Kier alpha value is -1.05. The Morgan fingerprint density at radius 3 is 1.50 bits per heavy atom. The van der Waals surface area contributed by atoms with Crippen LogP contribution in [0.15, 0.2) is 18.5 Å². The Balaban J connectivity index is 0.000000180. The molecule has 0 aliphatic heterocycles. The minimum Gasteiger partial charge on any atom is -0.402 e. The van der Waals surface area contributed by atoms with E-state index >= 15 is 0 Å². The van der Waals surface area contributed by atoms with Crippen LogP contribution in [0.2, 0.25) is 0 Å². The zero-order valence-corrected chi connectivity index (χ0v) is 4.99. The van der Waals surface area contributed by atoms with Crippen LogP contribution in [-0.4, -0.2) is 37.8 Å². The normalized spacial score (nSPS) is 7.50. The molecule has 0 aromatic carbocycles. The van der Waals surface area contributed by atoms with Crippen molar-refractivity contribution in [3.8, 4) is 0 Å². The van der Waals surface area contributed by atoms with Crippen molar-refractivity contribution < 1.29 is 15.1 Å². The van der Waals surface area contributed by atoms with Gasteiger partial charge in [-0.1, -0.05) is 0 Å². The van der Waals surface area contributed by atoms with Gasteiger partial charge in [0.2, 0.25) is 0 Å². The van der Waals surface area contributed by atoms with Crippen LogP contribution in [0.5, 0.6) is 0 Å². The van der Waals surface area contributed by atoms with E-state index in [9.17, 15) is 0 Å². The topological polar surface area (TPSA) is 99.4 Å². The molecule has 54 valence electrons. The van der Waals surface area contributed by atoms with Gasteiger partial charge in [0, 0.05) is 0 Å². The van der Waals surface area contributed by atoms with Gasteiger partial charge in [-0.3, -0.25) is 0 Å². The lowest BCUT2D eigenvalue weighted by molar-refractivity contribution is 0.278. The summed E-state index contributed by atoms with van der Waals surface area (Å²) in [6.45, 7) is 0. The lowest BCUT2D eigenvalue weighted by Gasteiger charge is -1.69. The zero-order chi connectivity index (χ0) is 7.82. The molecule has 1 rings (SSSR count). The maximum absolute atomic E-state index is 7.17. The van der Waals surface area contributed by atoms with Crippen LogP contribution in [0.1, 0.15) is 0 Å². The molecule has 0 aliphatic carbocycles. The van der Waals surface area contributed by atoms with Crippen molar-refractivity contribution >= 4 is 7.32 Å². The van der Waals surface area contributed by atoms with Crippen molar-refractivity contribution in [2.45, 2.75) is 0 Å². The molecule has 0 spiro atoms. The number of hydrogen-bond acceptors (Lipinski definition) is 6. The Morgan fingerprint density at radius 2 is 1.40 bits per heavy atom. The lowest BCUT2D eigenvalue weighted by atomic mass is 10.3. The van der Waals surface area contributed by atoms with Crippen LogP contribution >= 0.6 is 0 Å². The Morgan fingerprint density at radius 1 is 1.00 bits per heavy atom.